The van der Waals surface area contributed by atoms with E-state index >= 15 is 0 Å². The van der Waals surface area contributed by atoms with Crippen molar-refractivity contribution in [2.24, 2.45) is 0 Å². The molecule has 0 spiro atoms. The fourth-order valence-electron chi connectivity index (χ4n) is 3.98. The van der Waals surface area contributed by atoms with Crippen molar-refractivity contribution < 1.29 is 13.5 Å². The summed E-state index contributed by atoms with van der Waals surface area (Å²) in [5, 5.41) is 1.90. The van der Waals surface area contributed by atoms with Gasteiger partial charge in [0.15, 0.2) is 11.6 Å². The van der Waals surface area contributed by atoms with Crippen molar-refractivity contribution in [1.82, 2.24) is 4.98 Å². The van der Waals surface area contributed by atoms with Crippen LogP contribution in [0.4, 0.5) is 8.78 Å². The van der Waals surface area contributed by atoms with Crippen LogP contribution >= 0.6 is 0 Å². The largest absolute Gasteiger partial charge is 0.379 e. The molecular weight excluding hydrogens is 428 g/mol. The molecule has 3 aromatic rings. The first kappa shape index (κ1) is 25.8. The number of fused-ring (bicyclic) bond motifs is 1. The van der Waals surface area contributed by atoms with Gasteiger partial charge in [0, 0.05) is 29.3 Å². The topological polar surface area (TPSA) is 22.1 Å². The SMILES string of the molecule is C=CCc1ccc2cc(-c3ccc(C=CCCCC(C)OCCCCC)c(F)c3F)ncc2c1. The molecule has 1 aromatic heterocycles. The van der Waals surface area contributed by atoms with E-state index in [2.05, 4.69) is 25.4 Å². The van der Waals surface area contributed by atoms with Crippen molar-refractivity contribution in [1.29, 1.82) is 0 Å². The number of hydrogen-bond donors (Lipinski definition) is 0. The van der Waals surface area contributed by atoms with Crippen LogP contribution in [0.3, 0.4) is 0 Å². The Hall–Kier alpha value is -2.85. The van der Waals surface area contributed by atoms with Gasteiger partial charge < -0.3 is 4.74 Å². The van der Waals surface area contributed by atoms with Gasteiger partial charge in [-0.15, -0.1) is 6.58 Å². The number of allylic oxidation sites excluding steroid dienone is 2. The Kier molecular flexibility index (Phi) is 9.96. The summed E-state index contributed by atoms with van der Waals surface area (Å²) in [6, 6.07) is 11.0. The number of rotatable bonds is 13. The molecule has 4 heteroatoms. The van der Waals surface area contributed by atoms with Gasteiger partial charge in [0.25, 0.3) is 0 Å². The maximum Gasteiger partial charge on any atom is 0.168 e. The molecule has 1 heterocycles. The highest BCUT2D eigenvalue weighted by Crippen LogP contribution is 2.28. The van der Waals surface area contributed by atoms with Crippen LogP contribution < -0.4 is 0 Å². The van der Waals surface area contributed by atoms with E-state index in [1.54, 1.807) is 30.5 Å². The molecule has 0 radical (unpaired) electrons. The van der Waals surface area contributed by atoms with Crippen molar-refractivity contribution in [3.05, 3.63) is 84.1 Å². The van der Waals surface area contributed by atoms with Crippen LogP contribution in [-0.4, -0.2) is 17.7 Å². The smallest absolute Gasteiger partial charge is 0.168 e. The molecule has 180 valence electrons. The summed E-state index contributed by atoms with van der Waals surface area (Å²) in [4.78, 5) is 4.38. The Bertz CT molecular complexity index is 1120. The van der Waals surface area contributed by atoms with Gasteiger partial charge in [0.2, 0.25) is 0 Å². The van der Waals surface area contributed by atoms with Crippen molar-refractivity contribution >= 4 is 16.8 Å². The van der Waals surface area contributed by atoms with Crippen molar-refractivity contribution in [3.8, 4) is 11.3 Å². The third kappa shape index (κ3) is 7.07. The second-order valence-electron chi connectivity index (χ2n) is 8.80. The summed E-state index contributed by atoms with van der Waals surface area (Å²) in [5.74, 6) is -1.71. The zero-order valence-corrected chi connectivity index (χ0v) is 20.3. The van der Waals surface area contributed by atoms with Crippen LogP contribution in [0.2, 0.25) is 0 Å². The lowest BCUT2D eigenvalue weighted by Crippen LogP contribution is -2.08. The molecule has 3 rings (SSSR count). The molecule has 2 aromatic carbocycles. The summed E-state index contributed by atoms with van der Waals surface area (Å²) in [7, 11) is 0. The van der Waals surface area contributed by atoms with Crippen molar-refractivity contribution in [2.75, 3.05) is 6.61 Å². The van der Waals surface area contributed by atoms with Gasteiger partial charge in [-0.3, -0.25) is 4.98 Å². The minimum atomic E-state index is -0.869. The standard InChI is InChI=1S/C30H35F2NO/c1-4-6-10-18-34-22(3)12-8-7-9-13-24-16-17-27(30(32)29(24)31)28-20-25-15-14-23(11-5-2)19-26(25)21-33-28/h5,9,13-17,19-22H,2,4,6-8,10-12,18H2,1,3H3. The number of halogens is 2. The summed E-state index contributed by atoms with van der Waals surface area (Å²) >= 11 is 0. The molecular formula is C30H35F2NO. The number of nitrogens with zero attached hydrogens (tertiary/aromatic N) is 1. The second-order valence-corrected chi connectivity index (χ2v) is 8.80. The average Bonchev–Trinajstić information content (AvgIpc) is 2.84. The van der Waals surface area contributed by atoms with E-state index in [0.717, 1.165) is 55.0 Å². The maximum atomic E-state index is 14.9. The lowest BCUT2D eigenvalue weighted by Gasteiger charge is -2.12. The number of benzene rings is 2. The molecule has 0 aliphatic carbocycles. The third-order valence-corrected chi connectivity index (χ3v) is 5.98. The molecule has 0 saturated carbocycles. The van der Waals surface area contributed by atoms with Gasteiger partial charge in [-0.1, -0.05) is 56.2 Å². The van der Waals surface area contributed by atoms with Crippen molar-refractivity contribution in [3.63, 3.8) is 0 Å². The molecule has 0 amide bonds. The minimum Gasteiger partial charge on any atom is -0.379 e. The Morgan fingerprint density at radius 3 is 2.68 bits per heavy atom. The van der Waals surface area contributed by atoms with E-state index in [9.17, 15) is 8.78 Å². The summed E-state index contributed by atoms with van der Waals surface area (Å²) in [6.07, 6.45) is 14.3. The molecule has 34 heavy (non-hydrogen) atoms. The van der Waals surface area contributed by atoms with Crippen LogP contribution in [0, 0.1) is 11.6 Å². The Balaban J connectivity index is 1.61. The highest BCUT2D eigenvalue weighted by molar-refractivity contribution is 5.86. The van der Waals surface area contributed by atoms with E-state index in [0.29, 0.717) is 5.69 Å². The predicted molar refractivity (Wildman–Crippen MR) is 139 cm³/mol. The Morgan fingerprint density at radius 2 is 1.88 bits per heavy atom. The zero-order valence-electron chi connectivity index (χ0n) is 20.3. The first-order chi connectivity index (χ1) is 16.5. The van der Waals surface area contributed by atoms with Gasteiger partial charge in [-0.2, -0.15) is 0 Å². The van der Waals surface area contributed by atoms with Crippen molar-refractivity contribution in [2.45, 2.75) is 64.9 Å². The molecule has 0 aliphatic rings. The zero-order chi connectivity index (χ0) is 24.3. The molecule has 2 nitrogen and oxygen atoms in total. The van der Waals surface area contributed by atoms with E-state index < -0.39 is 11.6 Å². The van der Waals surface area contributed by atoms with Gasteiger partial charge in [0.05, 0.1) is 11.8 Å². The quantitative estimate of drug-likeness (QED) is 0.187. The number of unbranched alkanes of at least 4 members (excludes halogenated alkanes) is 3. The van der Waals surface area contributed by atoms with Gasteiger partial charge in [-0.25, -0.2) is 8.78 Å². The number of pyridine rings is 1. The van der Waals surface area contributed by atoms with Crippen LogP contribution in [0.15, 0.2) is 61.3 Å². The average molecular weight is 464 g/mol. The van der Waals surface area contributed by atoms with E-state index in [-0.39, 0.29) is 17.2 Å². The molecule has 0 aliphatic heterocycles. The monoisotopic (exact) mass is 463 g/mol. The number of aromatic nitrogens is 1. The lowest BCUT2D eigenvalue weighted by molar-refractivity contribution is 0.0566. The first-order valence-electron chi connectivity index (χ1n) is 12.3. The van der Waals surface area contributed by atoms with E-state index in [1.807, 2.05) is 30.4 Å². The highest BCUT2D eigenvalue weighted by Gasteiger charge is 2.15. The predicted octanol–water partition coefficient (Wildman–Crippen LogP) is 8.69. The molecule has 0 fully saturated rings. The highest BCUT2D eigenvalue weighted by atomic mass is 19.2. The van der Waals surface area contributed by atoms with E-state index in [1.165, 1.54) is 12.8 Å². The second kappa shape index (κ2) is 13.1. The number of ether oxygens (including phenoxy) is 1. The minimum absolute atomic E-state index is 0.167. The molecule has 0 bridgehead atoms. The number of hydrogen-bond acceptors (Lipinski definition) is 2. The molecule has 1 atom stereocenters. The summed E-state index contributed by atoms with van der Waals surface area (Å²) in [5.41, 5.74) is 1.98. The van der Waals surface area contributed by atoms with Crippen LogP contribution in [-0.2, 0) is 11.2 Å². The maximum absolute atomic E-state index is 14.9. The molecule has 0 saturated heterocycles. The molecule has 0 N–H and O–H groups in total. The lowest BCUT2D eigenvalue weighted by atomic mass is 10.0. The third-order valence-electron chi connectivity index (χ3n) is 5.98. The van der Waals surface area contributed by atoms with E-state index in [4.69, 9.17) is 4.74 Å². The fraction of sp³-hybridized carbons (Fsp3) is 0.367. The first-order valence-corrected chi connectivity index (χ1v) is 12.3. The van der Waals surface area contributed by atoms with Crippen LogP contribution in [0.25, 0.3) is 28.1 Å². The van der Waals surface area contributed by atoms with Gasteiger partial charge in [0.1, 0.15) is 0 Å². The van der Waals surface area contributed by atoms with Gasteiger partial charge in [-0.05, 0) is 68.2 Å². The summed E-state index contributed by atoms with van der Waals surface area (Å²) < 4.78 is 35.4. The van der Waals surface area contributed by atoms with Crippen LogP contribution in [0.5, 0.6) is 0 Å². The Labute approximate surface area is 202 Å². The molecule has 1 unspecified atom stereocenters. The van der Waals surface area contributed by atoms with Gasteiger partial charge >= 0.3 is 0 Å². The Morgan fingerprint density at radius 1 is 1.03 bits per heavy atom. The fourth-order valence-corrected chi connectivity index (χ4v) is 3.98. The van der Waals surface area contributed by atoms with Crippen LogP contribution in [0.1, 0.15) is 63.5 Å². The normalized spacial score (nSPS) is 12.5. The summed E-state index contributed by atoms with van der Waals surface area (Å²) in [6.45, 7) is 8.84.